The molecule has 0 saturated heterocycles. The molecule has 0 saturated carbocycles. The van der Waals surface area contributed by atoms with Gasteiger partial charge in [0, 0.05) is 33.0 Å². The van der Waals surface area contributed by atoms with Gasteiger partial charge in [-0.15, -0.1) is 10.2 Å². The molecule has 1 unspecified atom stereocenters. The third-order valence-corrected chi connectivity index (χ3v) is 4.35. The monoisotopic (exact) mass is 262 g/mol. The fraction of sp³-hybridized carbons (Fsp3) is 0.778. The molecule has 7 heteroatoms. The van der Waals surface area contributed by atoms with Crippen LogP contribution in [0.15, 0.2) is 4.34 Å². The van der Waals surface area contributed by atoms with Gasteiger partial charge in [0.2, 0.25) is 5.13 Å². The van der Waals surface area contributed by atoms with Crippen molar-refractivity contribution in [1.29, 1.82) is 0 Å². The zero-order chi connectivity index (χ0) is 12.0. The maximum Gasteiger partial charge on any atom is 0.208 e. The standard InChI is InChI=1S/C9H18N4OS2/c1-10-7(5-14-4)6-15-9-12-11-8(16-9)13(2)3/h7,10H,5-6H2,1-4H3. The fourth-order valence-electron chi connectivity index (χ4n) is 1.03. The molecule has 1 atom stereocenters. The molecule has 92 valence electrons. The molecule has 1 aromatic heterocycles. The second kappa shape index (κ2) is 7.05. The van der Waals surface area contributed by atoms with E-state index in [4.69, 9.17) is 4.74 Å². The van der Waals surface area contributed by atoms with Crippen molar-refractivity contribution in [3.8, 4) is 0 Å². The number of hydrogen-bond donors (Lipinski definition) is 1. The maximum absolute atomic E-state index is 5.11. The van der Waals surface area contributed by atoms with Crippen molar-refractivity contribution < 1.29 is 4.74 Å². The van der Waals surface area contributed by atoms with Crippen molar-refractivity contribution >= 4 is 28.2 Å². The highest BCUT2D eigenvalue weighted by Gasteiger charge is 2.10. The van der Waals surface area contributed by atoms with E-state index in [1.54, 1.807) is 30.2 Å². The number of rotatable bonds is 7. The Morgan fingerprint density at radius 3 is 2.75 bits per heavy atom. The van der Waals surface area contributed by atoms with E-state index in [1.165, 1.54) is 0 Å². The third kappa shape index (κ3) is 4.25. The largest absolute Gasteiger partial charge is 0.383 e. The predicted octanol–water partition coefficient (Wildman–Crippen LogP) is 0.931. The summed E-state index contributed by atoms with van der Waals surface area (Å²) in [6, 6.07) is 0.349. The molecule has 1 N–H and O–H groups in total. The minimum atomic E-state index is 0.349. The zero-order valence-electron chi connectivity index (χ0n) is 10.1. The van der Waals surface area contributed by atoms with Gasteiger partial charge in [-0.25, -0.2) is 0 Å². The van der Waals surface area contributed by atoms with Crippen LogP contribution in [0.3, 0.4) is 0 Å². The fourth-order valence-corrected chi connectivity index (χ4v) is 2.90. The molecule has 0 radical (unpaired) electrons. The highest BCUT2D eigenvalue weighted by Crippen LogP contribution is 2.27. The van der Waals surface area contributed by atoms with Gasteiger partial charge in [-0.1, -0.05) is 23.1 Å². The number of aromatic nitrogens is 2. The number of nitrogens with zero attached hydrogens (tertiary/aromatic N) is 3. The average Bonchev–Trinajstić information content (AvgIpc) is 2.73. The predicted molar refractivity (Wildman–Crippen MR) is 69.7 cm³/mol. The molecular formula is C9H18N4OS2. The minimum absolute atomic E-state index is 0.349. The van der Waals surface area contributed by atoms with Gasteiger partial charge in [0.1, 0.15) is 0 Å². The van der Waals surface area contributed by atoms with Gasteiger partial charge >= 0.3 is 0 Å². The smallest absolute Gasteiger partial charge is 0.208 e. The van der Waals surface area contributed by atoms with E-state index >= 15 is 0 Å². The molecule has 0 amide bonds. The Morgan fingerprint density at radius 2 is 2.25 bits per heavy atom. The van der Waals surface area contributed by atoms with Crippen molar-refractivity contribution in [2.75, 3.05) is 45.5 Å². The average molecular weight is 262 g/mol. The first kappa shape index (κ1) is 13.7. The molecule has 1 aromatic rings. The molecule has 16 heavy (non-hydrogen) atoms. The number of likely N-dealkylation sites (N-methyl/N-ethyl adjacent to an activating group) is 1. The Kier molecular flexibility index (Phi) is 6.04. The lowest BCUT2D eigenvalue weighted by atomic mass is 10.4. The van der Waals surface area contributed by atoms with Gasteiger partial charge in [-0.05, 0) is 7.05 Å². The van der Waals surface area contributed by atoms with Gasteiger partial charge in [-0.3, -0.25) is 0 Å². The van der Waals surface area contributed by atoms with E-state index in [0.717, 1.165) is 15.2 Å². The first-order valence-electron chi connectivity index (χ1n) is 4.97. The number of nitrogens with one attached hydrogen (secondary N) is 1. The van der Waals surface area contributed by atoms with Crippen molar-refractivity contribution in [2.45, 2.75) is 10.4 Å². The molecule has 1 rings (SSSR count). The van der Waals surface area contributed by atoms with E-state index < -0.39 is 0 Å². The van der Waals surface area contributed by atoms with E-state index in [-0.39, 0.29) is 0 Å². The van der Waals surface area contributed by atoms with Crippen LogP contribution < -0.4 is 10.2 Å². The van der Waals surface area contributed by atoms with Gasteiger partial charge in [0.05, 0.1) is 6.61 Å². The Morgan fingerprint density at radius 1 is 1.50 bits per heavy atom. The summed E-state index contributed by atoms with van der Waals surface area (Å²) in [4.78, 5) is 1.96. The maximum atomic E-state index is 5.11. The summed E-state index contributed by atoms with van der Waals surface area (Å²) in [5.74, 6) is 0.937. The zero-order valence-corrected chi connectivity index (χ0v) is 11.7. The molecule has 0 bridgehead atoms. The molecule has 0 fully saturated rings. The summed E-state index contributed by atoms with van der Waals surface area (Å²) < 4.78 is 6.11. The number of anilines is 1. The molecule has 1 heterocycles. The van der Waals surface area contributed by atoms with E-state index in [9.17, 15) is 0 Å². The van der Waals surface area contributed by atoms with Crippen LogP contribution in [0.2, 0.25) is 0 Å². The van der Waals surface area contributed by atoms with Gasteiger partial charge in [-0.2, -0.15) is 0 Å². The number of hydrogen-bond acceptors (Lipinski definition) is 7. The molecule has 0 spiro atoms. The summed E-state index contributed by atoms with van der Waals surface area (Å²) in [5.41, 5.74) is 0. The Labute approximate surface area is 105 Å². The summed E-state index contributed by atoms with van der Waals surface area (Å²) in [7, 11) is 7.59. The third-order valence-electron chi connectivity index (χ3n) is 1.96. The second-order valence-electron chi connectivity index (χ2n) is 3.50. The van der Waals surface area contributed by atoms with Crippen molar-refractivity contribution in [1.82, 2.24) is 15.5 Å². The minimum Gasteiger partial charge on any atom is -0.383 e. The van der Waals surface area contributed by atoms with E-state index in [0.29, 0.717) is 12.6 Å². The lowest BCUT2D eigenvalue weighted by molar-refractivity contribution is 0.177. The number of methoxy groups -OCH3 is 1. The molecule has 5 nitrogen and oxygen atoms in total. The Hall–Kier alpha value is -0.370. The van der Waals surface area contributed by atoms with Crippen LogP contribution in [-0.4, -0.2) is 56.9 Å². The highest BCUT2D eigenvalue weighted by molar-refractivity contribution is 8.01. The van der Waals surface area contributed by atoms with Crippen molar-refractivity contribution in [2.24, 2.45) is 0 Å². The van der Waals surface area contributed by atoms with Crippen LogP contribution >= 0.6 is 23.1 Å². The summed E-state index contributed by atoms with van der Waals surface area (Å²) >= 11 is 3.32. The Bertz CT molecular complexity index is 305. The van der Waals surface area contributed by atoms with Crippen LogP contribution in [-0.2, 0) is 4.74 Å². The summed E-state index contributed by atoms with van der Waals surface area (Å²) in [6.45, 7) is 0.711. The van der Waals surface area contributed by atoms with Crippen LogP contribution in [0, 0.1) is 0 Å². The van der Waals surface area contributed by atoms with Gasteiger partial charge in [0.25, 0.3) is 0 Å². The topological polar surface area (TPSA) is 50.3 Å². The van der Waals surface area contributed by atoms with Crippen LogP contribution in [0.4, 0.5) is 5.13 Å². The summed E-state index contributed by atoms with van der Waals surface area (Å²) in [5, 5.41) is 12.4. The molecule has 0 aliphatic carbocycles. The molecule has 0 aliphatic heterocycles. The SMILES string of the molecule is CNC(COC)CSc1nnc(N(C)C)s1. The molecular weight excluding hydrogens is 244 g/mol. The number of ether oxygens (including phenoxy) is 1. The van der Waals surface area contributed by atoms with Crippen molar-refractivity contribution in [3.63, 3.8) is 0 Å². The molecule has 0 aliphatic rings. The summed E-state index contributed by atoms with van der Waals surface area (Å²) in [6.07, 6.45) is 0. The lowest BCUT2D eigenvalue weighted by Gasteiger charge is -2.12. The highest BCUT2D eigenvalue weighted by atomic mass is 32.2. The first-order chi connectivity index (χ1) is 7.67. The normalized spacial score (nSPS) is 12.8. The van der Waals surface area contributed by atoms with Crippen LogP contribution in [0.5, 0.6) is 0 Å². The van der Waals surface area contributed by atoms with Gasteiger partial charge in [0.15, 0.2) is 4.34 Å². The van der Waals surface area contributed by atoms with E-state index in [2.05, 4.69) is 15.5 Å². The first-order valence-corrected chi connectivity index (χ1v) is 6.77. The Balaban J connectivity index is 2.41. The molecule has 0 aromatic carbocycles. The van der Waals surface area contributed by atoms with Gasteiger partial charge < -0.3 is 15.0 Å². The van der Waals surface area contributed by atoms with Crippen LogP contribution in [0.1, 0.15) is 0 Å². The second-order valence-corrected chi connectivity index (χ2v) is 5.72. The van der Waals surface area contributed by atoms with E-state index in [1.807, 2.05) is 26.0 Å². The lowest BCUT2D eigenvalue weighted by Crippen LogP contribution is -2.32. The van der Waals surface area contributed by atoms with Crippen LogP contribution in [0.25, 0.3) is 0 Å². The number of thioether (sulfide) groups is 1. The van der Waals surface area contributed by atoms with Crippen molar-refractivity contribution in [3.05, 3.63) is 0 Å². The quantitative estimate of drug-likeness (QED) is 0.738.